The van der Waals surface area contributed by atoms with E-state index in [0.717, 1.165) is 25.2 Å². The van der Waals surface area contributed by atoms with Gasteiger partial charge in [-0.1, -0.05) is 12.8 Å². The van der Waals surface area contributed by atoms with Crippen molar-refractivity contribution in [1.82, 2.24) is 20.2 Å². The second kappa shape index (κ2) is 5.87. The van der Waals surface area contributed by atoms with Crippen LogP contribution in [0.25, 0.3) is 0 Å². The lowest BCUT2D eigenvalue weighted by Gasteiger charge is -2.23. The molecule has 1 N–H and O–H groups in total. The molecule has 1 aromatic rings. The molecular weight excluding hydrogens is 268 g/mol. The smallest absolute Gasteiger partial charge is 0.317 e. The molecule has 2 heterocycles. The quantitative estimate of drug-likeness (QED) is 0.924. The van der Waals surface area contributed by atoms with Crippen molar-refractivity contribution in [2.75, 3.05) is 20.2 Å². The molecule has 114 valence electrons. The highest BCUT2D eigenvalue weighted by atomic mass is 16.5. The van der Waals surface area contributed by atoms with Gasteiger partial charge < -0.3 is 15.0 Å². The van der Waals surface area contributed by atoms with Gasteiger partial charge in [-0.25, -0.2) is 9.78 Å². The molecule has 0 radical (unpaired) electrons. The van der Waals surface area contributed by atoms with Crippen LogP contribution in [0, 0.1) is 5.41 Å². The molecule has 1 saturated heterocycles. The Morgan fingerprint density at radius 2 is 2.24 bits per heavy atom. The Morgan fingerprint density at radius 3 is 3.00 bits per heavy atom. The molecule has 6 heteroatoms. The van der Waals surface area contributed by atoms with Crippen LogP contribution in [0.3, 0.4) is 0 Å². The fraction of sp³-hybridized carbons (Fsp3) is 0.667. The predicted octanol–water partition coefficient (Wildman–Crippen LogP) is 1.96. The predicted molar refractivity (Wildman–Crippen MR) is 77.9 cm³/mol. The molecule has 6 nitrogen and oxygen atoms in total. The standard InChI is InChI=1S/C15H22N4O2/c1-21-13-16-8-4-12(18-13)10-17-14(20)19-9-7-15(11-19)5-2-3-6-15/h4,8H,2-3,5-7,9-11H2,1H3,(H,17,20). The fourth-order valence-electron chi connectivity index (χ4n) is 3.49. The molecule has 1 saturated carbocycles. The van der Waals surface area contributed by atoms with Gasteiger partial charge in [0.25, 0.3) is 0 Å². The van der Waals surface area contributed by atoms with Crippen LogP contribution in [0.1, 0.15) is 37.8 Å². The Labute approximate surface area is 124 Å². The van der Waals surface area contributed by atoms with Gasteiger partial charge in [-0.15, -0.1) is 0 Å². The summed E-state index contributed by atoms with van der Waals surface area (Å²) >= 11 is 0. The molecule has 0 unspecified atom stereocenters. The molecule has 1 spiro atoms. The first kappa shape index (κ1) is 14.1. The van der Waals surface area contributed by atoms with E-state index >= 15 is 0 Å². The van der Waals surface area contributed by atoms with Crippen molar-refractivity contribution in [2.24, 2.45) is 5.41 Å². The second-order valence-electron chi connectivity index (χ2n) is 6.07. The van der Waals surface area contributed by atoms with Crippen molar-refractivity contribution in [2.45, 2.75) is 38.6 Å². The first-order valence-corrected chi connectivity index (χ1v) is 7.59. The minimum atomic E-state index is 0.0105. The second-order valence-corrected chi connectivity index (χ2v) is 6.07. The highest BCUT2D eigenvalue weighted by molar-refractivity contribution is 5.74. The maximum atomic E-state index is 12.3. The van der Waals surface area contributed by atoms with Crippen molar-refractivity contribution < 1.29 is 9.53 Å². The summed E-state index contributed by atoms with van der Waals surface area (Å²) in [5.74, 6) is 0. The first-order valence-electron chi connectivity index (χ1n) is 7.59. The van der Waals surface area contributed by atoms with Gasteiger partial charge in [0, 0.05) is 19.3 Å². The largest absolute Gasteiger partial charge is 0.467 e. The van der Waals surface area contributed by atoms with Crippen LogP contribution in [0.2, 0.25) is 0 Å². The van der Waals surface area contributed by atoms with E-state index in [0.29, 0.717) is 18.0 Å². The summed E-state index contributed by atoms with van der Waals surface area (Å²) in [6.45, 7) is 2.19. The minimum absolute atomic E-state index is 0.0105. The Kier molecular flexibility index (Phi) is 3.94. The van der Waals surface area contributed by atoms with E-state index < -0.39 is 0 Å². The average molecular weight is 290 g/mol. The van der Waals surface area contributed by atoms with E-state index in [4.69, 9.17) is 4.74 Å². The van der Waals surface area contributed by atoms with Crippen LogP contribution in [0.4, 0.5) is 4.79 Å². The lowest BCUT2D eigenvalue weighted by molar-refractivity contribution is 0.199. The number of carbonyl (C=O) groups is 1. The minimum Gasteiger partial charge on any atom is -0.467 e. The first-order chi connectivity index (χ1) is 10.2. The normalized spacial score (nSPS) is 20.0. The SMILES string of the molecule is COc1nccc(CNC(=O)N2CCC3(CCCC3)C2)n1. The number of nitrogens with one attached hydrogen (secondary N) is 1. The maximum absolute atomic E-state index is 12.3. The van der Waals surface area contributed by atoms with Gasteiger partial charge in [0.15, 0.2) is 0 Å². The van der Waals surface area contributed by atoms with Crippen molar-refractivity contribution >= 4 is 6.03 Å². The van der Waals surface area contributed by atoms with Gasteiger partial charge >= 0.3 is 12.0 Å². The van der Waals surface area contributed by atoms with Crippen LogP contribution < -0.4 is 10.1 Å². The number of methoxy groups -OCH3 is 1. The topological polar surface area (TPSA) is 67.3 Å². The number of hydrogen-bond donors (Lipinski definition) is 1. The summed E-state index contributed by atoms with van der Waals surface area (Å²) in [5, 5.41) is 2.94. The maximum Gasteiger partial charge on any atom is 0.317 e. The zero-order valence-electron chi connectivity index (χ0n) is 12.5. The van der Waals surface area contributed by atoms with E-state index in [9.17, 15) is 4.79 Å². The molecule has 21 heavy (non-hydrogen) atoms. The lowest BCUT2D eigenvalue weighted by Crippen LogP contribution is -2.39. The number of ether oxygens (including phenoxy) is 1. The van der Waals surface area contributed by atoms with E-state index in [-0.39, 0.29) is 6.03 Å². The summed E-state index contributed by atoms with van der Waals surface area (Å²) in [7, 11) is 1.53. The number of carbonyl (C=O) groups excluding carboxylic acids is 1. The average Bonchev–Trinajstić information content (AvgIpc) is 3.16. The zero-order valence-corrected chi connectivity index (χ0v) is 12.5. The van der Waals surface area contributed by atoms with Gasteiger partial charge in [-0.05, 0) is 30.7 Å². The number of nitrogens with zero attached hydrogens (tertiary/aromatic N) is 3. The van der Waals surface area contributed by atoms with Crippen LogP contribution in [0.15, 0.2) is 12.3 Å². The fourth-order valence-corrected chi connectivity index (χ4v) is 3.49. The van der Waals surface area contributed by atoms with Crippen molar-refractivity contribution in [3.8, 4) is 6.01 Å². The summed E-state index contributed by atoms with van der Waals surface area (Å²) in [5.41, 5.74) is 1.17. The van der Waals surface area contributed by atoms with Crippen molar-refractivity contribution in [1.29, 1.82) is 0 Å². The molecular formula is C15H22N4O2. The van der Waals surface area contributed by atoms with Gasteiger partial charge in [-0.3, -0.25) is 0 Å². The summed E-state index contributed by atoms with van der Waals surface area (Å²) in [6, 6.07) is 2.12. The molecule has 2 aliphatic rings. The molecule has 0 aromatic carbocycles. The molecule has 2 amide bonds. The summed E-state index contributed by atoms with van der Waals surface area (Å²) in [4.78, 5) is 22.3. The molecule has 0 bridgehead atoms. The molecule has 1 aliphatic heterocycles. The molecule has 3 rings (SSSR count). The van der Waals surface area contributed by atoms with Crippen molar-refractivity contribution in [3.05, 3.63) is 18.0 Å². The van der Waals surface area contributed by atoms with E-state index in [1.807, 2.05) is 4.90 Å². The van der Waals surface area contributed by atoms with Crippen LogP contribution in [0.5, 0.6) is 6.01 Å². The molecule has 1 aromatic heterocycles. The Morgan fingerprint density at radius 1 is 1.43 bits per heavy atom. The number of aromatic nitrogens is 2. The Bertz CT molecular complexity index is 514. The number of rotatable bonds is 3. The summed E-state index contributed by atoms with van der Waals surface area (Å²) in [6.07, 6.45) is 7.98. The van der Waals surface area contributed by atoms with Gasteiger partial charge in [0.05, 0.1) is 19.3 Å². The van der Waals surface area contributed by atoms with E-state index in [1.165, 1.54) is 32.8 Å². The lowest BCUT2D eigenvalue weighted by atomic mass is 9.86. The van der Waals surface area contributed by atoms with Crippen molar-refractivity contribution in [3.63, 3.8) is 0 Å². The number of urea groups is 1. The Balaban J connectivity index is 1.52. The summed E-state index contributed by atoms with van der Waals surface area (Å²) < 4.78 is 4.98. The zero-order chi connectivity index (χ0) is 14.7. The highest BCUT2D eigenvalue weighted by Crippen LogP contribution is 2.45. The molecule has 2 fully saturated rings. The molecule has 1 aliphatic carbocycles. The van der Waals surface area contributed by atoms with E-state index in [2.05, 4.69) is 15.3 Å². The Hall–Kier alpha value is -1.85. The van der Waals surface area contributed by atoms with Crippen LogP contribution >= 0.6 is 0 Å². The van der Waals surface area contributed by atoms with Gasteiger partial charge in [0.2, 0.25) is 0 Å². The third-order valence-electron chi connectivity index (χ3n) is 4.68. The van der Waals surface area contributed by atoms with Gasteiger partial charge in [-0.2, -0.15) is 4.98 Å². The van der Waals surface area contributed by atoms with Crippen LogP contribution in [-0.4, -0.2) is 41.1 Å². The van der Waals surface area contributed by atoms with Crippen LogP contribution in [-0.2, 0) is 6.54 Å². The number of amides is 2. The third-order valence-corrected chi connectivity index (χ3v) is 4.68. The highest BCUT2D eigenvalue weighted by Gasteiger charge is 2.41. The monoisotopic (exact) mass is 290 g/mol. The number of likely N-dealkylation sites (tertiary alicyclic amines) is 1. The third kappa shape index (κ3) is 3.09. The number of hydrogen-bond acceptors (Lipinski definition) is 4. The van der Waals surface area contributed by atoms with Gasteiger partial charge in [0.1, 0.15) is 0 Å². The van der Waals surface area contributed by atoms with E-state index in [1.54, 1.807) is 12.3 Å². The molecule has 0 atom stereocenters.